The largest absolute Gasteiger partial charge is 0.326 e. The van der Waals surface area contributed by atoms with E-state index in [1.54, 1.807) is 12.1 Å². The molecule has 2 aromatic carbocycles. The molecule has 0 radical (unpaired) electrons. The van der Waals surface area contributed by atoms with Gasteiger partial charge in [-0.1, -0.05) is 12.1 Å². The predicted molar refractivity (Wildman–Crippen MR) is 99.0 cm³/mol. The Balaban J connectivity index is 1.44. The van der Waals surface area contributed by atoms with Crippen molar-refractivity contribution in [3.05, 3.63) is 77.4 Å². The van der Waals surface area contributed by atoms with Gasteiger partial charge in [0.25, 0.3) is 0 Å². The molecule has 0 aliphatic heterocycles. The first-order chi connectivity index (χ1) is 12.6. The third-order valence-electron chi connectivity index (χ3n) is 4.53. The van der Waals surface area contributed by atoms with Crippen LogP contribution in [0.4, 0.5) is 10.1 Å². The summed E-state index contributed by atoms with van der Waals surface area (Å²) >= 11 is 0. The first-order valence-electron chi connectivity index (χ1n) is 8.80. The molecule has 1 aliphatic carbocycles. The SMILES string of the molecule is Cc1cc(C2CC2)n(-c2ccc(NC(=O)Cc3ccc(F)cc3)cc2)n1. The maximum absolute atomic E-state index is 12.9. The lowest BCUT2D eigenvalue weighted by Gasteiger charge is -2.09. The number of nitrogens with zero attached hydrogens (tertiary/aromatic N) is 2. The number of anilines is 1. The average molecular weight is 349 g/mol. The minimum atomic E-state index is -0.302. The lowest BCUT2D eigenvalue weighted by Crippen LogP contribution is -2.14. The number of halogens is 1. The number of carbonyl (C=O) groups excluding carboxylic acids is 1. The second-order valence-electron chi connectivity index (χ2n) is 6.79. The van der Waals surface area contributed by atoms with E-state index in [4.69, 9.17) is 0 Å². The van der Waals surface area contributed by atoms with Crippen LogP contribution in [0.3, 0.4) is 0 Å². The molecule has 0 spiro atoms. The molecule has 5 heteroatoms. The summed E-state index contributed by atoms with van der Waals surface area (Å²) in [5, 5.41) is 7.47. The molecule has 1 heterocycles. The highest BCUT2D eigenvalue weighted by molar-refractivity contribution is 5.92. The second kappa shape index (κ2) is 6.75. The second-order valence-corrected chi connectivity index (χ2v) is 6.79. The summed E-state index contributed by atoms with van der Waals surface area (Å²) in [5.41, 5.74) is 4.79. The highest BCUT2D eigenvalue weighted by Gasteiger charge is 2.28. The molecule has 1 aliphatic rings. The molecule has 132 valence electrons. The van der Waals surface area contributed by atoms with Gasteiger partial charge in [-0.05, 0) is 67.8 Å². The van der Waals surface area contributed by atoms with Gasteiger partial charge in [0.1, 0.15) is 5.82 Å². The lowest BCUT2D eigenvalue weighted by atomic mass is 10.1. The fraction of sp³-hybridized carbons (Fsp3) is 0.238. The number of carbonyl (C=O) groups is 1. The normalized spacial score (nSPS) is 13.6. The van der Waals surface area contributed by atoms with E-state index in [0.717, 1.165) is 22.6 Å². The Labute approximate surface area is 151 Å². The third kappa shape index (κ3) is 3.67. The van der Waals surface area contributed by atoms with Crippen LogP contribution in [-0.4, -0.2) is 15.7 Å². The van der Waals surface area contributed by atoms with E-state index in [2.05, 4.69) is 16.5 Å². The van der Waals surface area contributed by atoms with Gasteiger partial charge in [0.15, 0.2) is 0 Å². The van der Waals surface area contributed by atoms with Crippen molar-refractivity contribution in [1.82, 2.24) is 9.78 Å². The Kier molecular flexibility index (Phi) is 4.29. The van der Waals surface area contributed by atoms with Gasteiger partial charge in [-0.3, -0.25) is 4.79 Å². The Morgan fingerprint density at radius 2 is 1.85 bits per heavy atom. The number of rotatable bonds is 5. The maximum Gasteiger partial charge on any atom is 0.228 e. The molecule has 4 rings (SSSR count). The highest BCUT2D eigenvalue weighted by Crippen LogP contribution is 2.41. The van der Waals surface area contributed by atoms with Gasteiger partial charge in [-0.15, -0.1) is 0 Å². The van der Waals surface area contributed by atoms with Gasteiger partial charge in [0, 0.05) is 17.3 Å². The van der Waals surface area contributed by atoms with Gasteiger partial charge < -0.3 is 5.32 Å². The van der Waals surface area contributed by atoms with Crippen LogP contribution in [0.25, 0.3) is 5.69 Å². The zero-order chi connectivity index (χ0) is 18.1. The highest BCUT2D eigenvalue weighted by atomic mass is 19.1. The van der Waals surface area contributed by atoms with Crippen molar-refractivity contribution in [2.75, 3.05) is 5.32 Å². The Hall–Kier alpha value is -2.95. The van der Waals surface area contributed by atoms with Gasteiger partial charge in [-0.25, -0.2) is 9.07 Å². The van der Waals surface area contributed by atoms with Crippen LogP contribution in [0.1, 0.15) is 35.7 Å². The van der Waals surface area contributed by atoms with Crippen molar-refractivity contribution in [1.29, 1.82) is 0 Å². The maximum atomic E-state index is 12.9. The van der Waals surface area contributed by atoms with Gasteiger partial charge in [0.2, 0.25) is 5.91 Å². The van der Waals surface area contributed by atoms with Crippen LogP contribution < -0.4 is 5.32 Å². The quantitative estimate of drug-likeness (QED) is 0.743. The summed E-state index contributed by atoms with van der Waals surface area (Å²) in [7, 11) is 0. The molecule has 1 fully saturated rings. The molecule has 1 N–H and O–H groups in total. The van der Waals surface area contributed by atoms with Crippen LogP contribution in [0, 0.1) is 12.7 Å². The number of hydrogen-bond donors (Lipinski definition) is 1. The number of aryl methyl sites for hydroxylation is 1. The minimum absolute atomic E-state index is 0.127. The fourth-order valence-corrected chi connectivity index (χ4v) is 3.07. The fourth-order valence-electron chi connectivity index (χ4n) is 3.07. The van der Waals surface area contributed by atoms with E-state index < -0.39 is 0 Å². The van der Waals surface area contributed by atoms with Gasteiger partial charge in [-0.2, -0.15) is 5.10 Å². The predicted octanol–water partition coefficient (Wildman–Crippen LogP) is 4.38. The lowest BCUT2D eigenvalue weighted by molar-refractivity contribution is -0.115. The van der Waals surface area contributed by atoms with E-state index in [9.17, 15) is 9.18 Å². The Morgan fingerprint density at radius 1 is 1.15 bits per heavy atom. The van der Waals surface area contributed by atoms with Crippen molar-refractivity contribution >= 4 is 11.6 Å². The molecule has 0 unspecified atom stereocenters. The van der Waals surface area contributed by atoms with Gasteiger partial charge >= 0.3 is 0 Å². The molecular weight excluding hydrogens is 329 g/mol. The van der Waals surface area contributed by atoms with Crippen molar-refractivity contribution in [2.24, 2.45) is 0 Å². The first kappa shape index (κ1) is 16.5. The van der Waals surface area contributed by atoms with Crippen molar-refractivity contribution in [3.63, 3.8) is 0 Å². The molecule has 0 bridgehead atoms. The summed E-state index contributed by atoms with van der Waals surface area (Å²) in [6, 6.07) is 15.8. The first-order valence-corrected chi connectivity index (χ1v) is 8.80. The van der Waals surface area contributed by atoms with Crippen LogP contribution in [0.15, 0.2) is 54.6 Å². The molecule has 1 saturated carbocycles. The smallest absolute Gasteiger partial charge is 0.228 e. The van der Waals surface area contributed by atoms with E-state index >= 15 is 0 Å². The third-order valence-corrected chi connectivity index (χ3v) is 4.53. The standard InChI is InChI=1S/C21H20FN3O/c1-14-12-20(16-4-5-16)25(24-14)19-10-8-18(9-11-19)23-21(26)13-15-2-6-17(22)7-3-15/h2-3,6-12,16H,4-5,13H2,1H3,(H,23,26). The van der Waals surface area contributed by atoms with E-state index in [1.807, 2.05) is 35.9 Å². The molecule has 4 nitrogen and oxygen atoms in total. The molecule has 3 aromatic rings. The van der Waals surface area contributed by atoms with Crippen molar-refractivity contribution < 1.29 is 9.18 Å². The molecule has 1 amide bonds. The number of aromatic nitrogens is 2. The Bertz CT molecular complexity index is 925. The average Bonchev–Trinajstić information content (AvgIpc) is 3.40. The summed E-state index contributed by atoms with van der Waals surface area (Å²) < 4.78 is 14.9. The van der Waals surface area contributed by atoms with E-state index in [0.29, 0.717) is 5.92 Å². The molecule has 1 aromatic heterocycles. The number of benzene rings is 2. The van der Waals surface area contributed by atoms with Crippen LogP contribution >= 0.6 is 0 Å². The van der Waals surface area contributed by atoms with Crippen molar-refractivity contribution in [2.45, 2.75) is 32.1 Å². The topological polar surface area (TPSA) is 46.9 Å². The summed E-state index contributed by atoms with van der Waals surface area (Å²) in [4.78, 5) is 12.2. The molecule has 0 saturated heterocycles. The van der Waals surface area contributed by atoms with Gasteiger partial charge in [0.05, 0.1) is 17.8 Å². The van der Waals surface area contributed by atoms with E-state index in [-0.39, 0.29) is 18.1 Å². The monoisotopic (exact) mass is 349 g/mol. The van der Waals surface area contributed by atoms with E-state index in [1.165, 1.54) is 30.7 Å². The van der Waals surface area contributed by atoms with Crippen molar-refractivity contribution in [3.8, 4) is 5.69 Å². The van der Waals surface area contributed by atoms with Crippen LogP contribution in [-0.2, 0) is 11.2 Å². The molecule has 0 atom stereocenters. The number of amides is 1. The zero-order valence-electron chi connectivity index (χ0n) is 14.6. The summed E-state index contributed by atoms with van der Waals surface area (Å²) in [6.07, 6.45) is 2.66. The number of nitrogens with one attached hydrogen (secondary N) is 1. The zero-order valence-corrected chi connectivity index (χ0v) is 14.6. The molecule has 26 heavy (non-hydrogen) atoms. The minimum Gasteiger partial charge on any atom is -0.326 e. The van der Waals surface area contributed by atoms with Crippen LogP contribution in [0.5, 0.6) is 0 Å². The number of hydrogen-bond acceptors (Lipinski definition) is 2. The van der Waals surface area contributed by atoms with Crippen LogP contribution in [0.2, 0.25) is 0 Å². The summed E-state index contributed by atoms with van der Waals surface area (Å²) in [5.74, 6) is 0.188. The Morgan fingerprint density at radius 3 is 2.50 bits per heavy atom. The molecular formula is C21H20FN3O. The summed E-state index contributed by atoms with van der Waals surface area (Å²) in [6.45, 7) is 2.01.